The second-order valence-electron chi connectivity index (χ2n) is 3.65. The molecule has 0 unspecified atom stereocenters. The number of hydrogen-bond donors (Lipinski definition) is 2. The number of rotatable bonds is 8. The summed E-state index contributed by atoms with van der Waals surface area (Å²) < 4.78 is 28.1. The van der Waals surface area contributed by atoms with Crippen LogP contribution in [0.5, 0.6) is 0 Å². The summed E-state index contributed by atoms with van der Waals surface area (Å²) in [7, 11) is 0. The molecule has 0 saturated carbocycles. The highest BCUT2D eigenvalue weighted by Gasteiger charge is 2.03. The fourth-order valence-electron chi connectivity index (χ4n) is 1.36. The molecule has 0 aliphatic rings. The number of halogens is 2. The summed E-state index contributed by atoms with van der Waals surface area (Å²) >= 11 is 0. The van der Waals surface area contributed by atoms with Crippen LogP contribution in [-0.4, -0.2) is 37.3 Å². The van der Waals surface area contributed by atoms with E-state index < -0.39 is 19.0 Å². The maximum atomic E-state index is 11.7. The summed E-state index contributed by atoms with van der Waals surface area (Å²) in [4.78, 5) is 10.7. The predicted octanol–water partition coefficient (Wildman–Crippen LogP) is 1.76. The Morgan fingerprint density at radius 1 is 1.44 bits per heavy atom. The molecule has 1 rings (SSSR count). The van der Waals surface area contributed by atoms with Gasteiger partial charge >= 0.3 is 5.97 Å². The van der Waals surface area contributed by atoms with Crippen LogP contribution in [0.1, 0.15) is 15.9 Å². The van der Waals surface area contributed by atoms with Gasteiger partial charge in [0.05, 0.1) is 12.2 Å². The van der Waals surface area contributed by atoms with Crippen LogP contribution in [0, 0.1) is 0 Å². The van der Waals surface area contributed by atoms with Gasteiger partial charge in [0.1, 0.15) is 6.61 Å². The number of hydrogen-bond acceptors (Lipinski definition) is 3. The van der Waals surface area contributed by atoms with Crippen molar-refractivity contribution in [3.05, 3.63) is 35.4 Å². The average molecular weight is 259 g/mol. The SMILES string of the molecule is O=C(O)c1cccc(CNCCOCC(F)F)c1. The number of nitrogens with one attached hydrogen (secondary N) is 1. The summed E-state index contributed by atoms with van der Waals surface area (Å²) in [6.07, 6.45) is -2.45. The van der Waals surface area contributed by atoms with E-state index in [9.17, 15) is 13.6 Å². The van der Waals surface area contributed by atoms with E-state index in [0.717, 1.165) is 5.56 Å². The van der Waals surface area contributed by atoms with Crippen molar-refractivity contribution in [2.45, 2.75) is 13.0 Å². The minimum absolute atomic E-state index is 0.197. The molecule has 0 aliphatic heterocycles. The Bertz CT molecular complexity index is 385. The van der Waals surface area contributed by atoms with Crippen molar-refractivity contribution in [1.29, 1.82) is 0 Å². The number of aromatic carboxylic acids is 1. The van der Waals surface area contributed by atoms with Crippen LogP contribution >= 0.6 is 0 Å². The van der Waals surface area contributed by atoms with Crippen molar-refractivity contribution < 1.29 is 23.4 Å². The van der Waals surface area contributed by atoms with Crippen molar-refractivity contribution in [2.24, 2.45) is 0 Å². The summed E-state index contributed by atoms with van der Waals surface area (Å²) in [6, 6.07) is 6.53. The van der Waals surface area contributed by atoms with Crippen molar-refractivity contribution in [1.82, 2.24) is 5.32 Å². The van der Waals surface area contributed by atoms with Gasteiger partial charge in [-0.2, -0.15) is 0 Å². The van der Waals surface area contributed by atoms with Gasteiger partial charge in [-0.05, 0) is 17.7 Å². The van der Waals surface area contributed by atoms with Gasteiger partial charge in [-0.15, -0.1) is 0 Å². The molecule has 0 bridgehead atoms. The van der Waals surface area contributed by atoms with E-state index in [1.54, 1.807) is 18.2 Å². The van der Waals surface area contributed by atoms with E-state index in [1.807, 2.05) is 0 Å². The fraction of sp³-hybridized carbons (Fsp3) is 0.417. The van der Waals surface area contributed by atoms with Gasteiger partial charge in [0.15, 0.2) is 0 Å². The third-order valence-corrected chi connectivity index (χ3v) is 2.17. The largest absolute Gasteiger partial charge is 0.478 e. The Morgan fingerprint density at radius 3 is 2.89 bits per heavy atom. The van der Waals surface area contributed by atoms with Crippen LogP contribution in [-0.2, 0) is 11.3 Å². The number of alkyl halides is 2. The molecule has 0 aromatic heterocycles. The van der Waals surface area contributed by atoms with E-state index in [2.05, 4.69) is 10.1 Å². The van der Waals surface area contributed by atoms with Crippen LogP contribution in [0.3, 0.4) is 0 Å². The Hall–Kier alpha value is -1.53. The molecule has 100 valence electrons. The minimum Gasteiger partial charge on any atom is -0.478 e. The molecule has 4 nitrogen and oxygen atoms in total. The van der Waals surface area contributed by atoms with E-state index in [0.29, 0.717) is 13.1 Å². The van der Waals surface area contributed by atoms with Gasteiger partial charge in [0.2, 0.25) is 0 Å². The van der Waals surface area contributed by atoms with Gasteiger partial charge in [-0.1, -0.05) is 12.1 Å². The predicted molar refractivity (Wildman–Crippen MR) is 61.9 cm³/mol. The molecule has 2 N–H and O–H groups in total. The summed E-state index contributed by atoms with van der Waals surface area (Å²) in [6.45, 7) is 0.544. The fourth-order valence-corrected chi connectivity index (χ4v) is 1.36. The zero-order chi connectivity index (χ0) is 13.4. The molecular weight excluding hydrogens is 244 g/mol. The molecule has 0 saturated heterocycles. The smallest absolute Gasteiger partial charge is 0.335 e. The highest BCUT2D eigenvalue weighted by atomic mass is 19.3. The zero-order valence-corrected chi connectivity index (χ0v) is 9.73. The number of ether oxygens (including phenoxy) is 1. The number of carboxylic acid groups (broad SMARTS) is 1. The molecule has 0 spiro atoms. The highest BCUT2D eigenvalue weighted by molar-refractivity contribution is 5.87. The lowest BCUT2D eigenvalue weighted by atomic mass is 10.1. The molecule has 0 amide bonds. The van der Waals surface area contributed by atoms with Crippen LogP contribution in [0.25, 0.3) is 0 Å². The summed E-state index contributed by atoms with van der Waals surface area (Å²) in [5.41, 5.74) is 1.05. The van der Waals surface area contributed by atoms with Gasteiger partial charge in [-0.25, -0.2) is 13.6 Å². The van der Waals surface area contributed by atoms with Crippen molar-refractivity contribution in [2.75, 3.05) is 19.8 Å². The Morgan fingerprint density at radius 2 is 2.22 bits per heavy atom. The molecule has 0 fully saturated rings. The van der Waals surface area contributed by atoms with Crippen LogP contribution in [0.2, 0.25) is 0 Å². The third kappa shape index (κ3) is 5.70. The lowest BCUT2D eigenvalue weighted by molar-refractivity contribution is 0.0187. The first-order valence-electron chi connectivity index (χ1n) is 5.48. The molecule has 0 atom stereocenters. The lowest BCUT2D eigenvalue weighted by Crippen LogP contribution is -2.20. The molecule has 0 aliphatic carbocycles. The van der Waals surface area contributed by atoms with Gasteiger partial charge < -0.3 is 15.2 Å². The Balaban J connectivity index is 2.23. The maximum Gasteiger partial charge on any atom is 0.335 e. The van der Waals surface area contributed by atoms with E-state index in [4.69, 9.17) is 5.11 Å². The zero-order valence-electron chi connectivity index (χ0n) is 9.73. The molecule has 6 heteroatoms. The van der Waals surface area contributed by atoms with Crippen molar-refractivity contribution in [3.63, 3.8) is 0 Å². The van der Waals surface area contributed by atoms with Crippen molar-refractivity contribution >= 4 is 5.97 Å². The summed E-state index contributed by atoms with van der Waals surface area (Å²) in [5.74, 6) is -0.975. The van der Waals surface area contributed by atoms with Gasteiger partial charge in [-0.3, -0.25) is 0 Å². The first-order chi connectivity index (χ1) is 8.59. The first kappa shape index (κ1) is 14.5. The van der Waals surface area contributed by atoms with Crippen molar-refractivity contribution in [3.8, 4) is 0 Å². The number of carbonyl (C=O) groups is 1. The van der Waals surface area contributed by atoms with Crippen LogP contribution in [0.15, 0.2) is 24.3 Å². The van der Waals surface area contributed by atoms with Crippen LogP contribution in [0.4, 0.5) is 8.78 Å². The quantitative estimate of drug-likeness (QED) is 0.698. The third-order valence-electron chi connectivity index (χ3n) is 2.17. The maximum absolute atomic E-state index is 11.7. The molecule has 18 heavy (non-hydrogen) atoms. The average Bonchev–Trinajstić information content (AvgIpc) is 2.33. The van der Waals surface area contributed by atoms with E-state index >= 15 is 0 Å². The summed E-state index contributed by atoms with van der Waals surface area (Å²) in [5, 5.41) is 11.8. The first-order valence-corrected chi connectivity index (χ1v) is 5.48. The van der Waals surface area contributed by atoms with Gasteiger partial charge in [0.25, 0.3) is 6.43 Å². The number of carboxylic acids is 1. The molecule has 1 aromatic carbocycles. The monoisotopic (exact) mass is 259 g/mol. The van der Waals surface area contributed by atoms with Gasteiger partial charge in [0, 0.05) is 13.1 Å². The number of benzene rings is 1. The second kappa shape index (κ2) is 7.73. The minimum atomic E-state index is -2.45. The standard InChI is InChI=1S/C12H15F2NO3/c13-11(14)8-18-5-4-15-7-9-2-1-3-10(6-9)12(16)17/h1-3,6,11,15H,4-5,7-8H2,(H,16,17). The lowest BCUT2D eigenvalue weighted by Gasteiger charge is -2.06. The highest BCUT2D eigenvalue weighted by Crippen LogP contribution is 2.04. The molecule has 0 radical (unpaired) electrons. The Kier molecular flexibility index (Phi) is 6.24. The second-order valence-corrected chi connectivity index (χ2v) is 3.65. The molecule has 1 aromatic rings. The molecule has 0 heterocycles. The Labute approximate surface area is 104 Å². The normalized spacial score (nSPS) is 10.8. The topological polar surface area (TPSA) is 58.6 Å². The van der Waals surface area contributed by atoms with E-state index in [1.165, 1.54) is 6.07 Å². The van der Waals surface area contributed by atoms with Crippen LogP contribution < -0.4 is 5.32 Å². The van der Waals surface area contributed by atoms with E-state index in [-0.39, 0.29) is 12.2 Å². The molecular formula is C12H15F2NO3.